The molecule has 0 radical (unpaired) electrons. The van der Waals surface area contributed by atoms with Gasteiger partial charge in [-0.3, -0.25) is 0 Å². The number of halogens is 2. The van der Waals surface area contributed by atoms with Crippen molar-refractivity contribution < 1.29 is 38.7 Å². The number of aryl methyl sites for hydroxylation is 1. The number of aliphatic hydroxyl groups excluding tert-OH is 3. The fourth-order valence-electron chi connectivity index (χ4n) is 3.12. The van der Waals surface area contributed by atoms with E-state index in [2.05, 4.69) is 0 Å². The number of aliphatic hydroxyl groups is 4. The molecule has 1 fully saturated rings. The van der Waals surface area contributed by atoms with E-state index in [1.54, 1.807) is 25.1 Å². The number of ether oxygens (including phenoxy) is 2. The molecule has 1 aliphatic heterocycles. The van der Waals surface area contributed by atoms with E-state index >= 15 is 0 Å². The molecule has 0 bridgehead atoms. The van der Waals surface area contributed by atoms with Crippen LogP contribution in [0, 0.1) is 18.6 Å². The molecule has 5 atom stereocenters. The molecule has 2 aromatic rings. The first-order valence-corrected chi connectivity index (χ1v) is 8.72. The van der Waals surface area contributed by atoms with Gasteiger partial charge in [0.15, 0.2) is 17.2 Å². The Kier molecular flexibility index (Phi) is 5.69. The molecule has 3 rings (SSSR count). The Labute approximate surface area is 160 Å². The molecular formula is C20H22F2O6. The van der Waals surface area contributed by atoms with Crippen molar-refractivity contribution in [2.45, 2.75) is 44.1 Å². The molecule has 8 heteroatoms. The predicted octanol–water partition coefficient (Wildman–Crippen LogP) is 1.51. The normalized spacial score (nSPS) is 30.3. The zero-order valence-corrected chi connectivity index (χ0v) is 15.3. The Balaban J connectivity index is 1.85. The van der Waals surface area contributed by atoms with Crippen molar-refractivity contribution in [3.8, 4) is 16.9 Å². The van der Waals surface area contributed by atoms with Gasteiger partial charge in [0.2, 0.25) is 6.29 Å². The molecule has 0 aliphatic carbocycles. The van der Waals surface area contributed by atoms with Gasteiger partial charge < -0.3 is 29.9 Å². The van der Waals surface area contributed by atoms with Crippen LogP contribution in [0.2, 0.25) is 0 Å². The summed E-state index contributed by atoms with van der Waals surface area (Å²) in [6, 6.07) is 8.46. The van der Waals surface area contributed by atoms with Crippen LogP contribution in [-0.4, -0.2) is 57.2 Å². The van der Waals surface area contributed by atoms with Gasteiger partial charge in [0.1, 0.15) is 24.1 Å². The van der Waals surface area contributed by atoms with Crippen LogP contribution >= 0.6 is 0 Å². The van der Waals surface area contributed by atoms with Gasteiger partial charge >= 0.3 is 0 Å². The van der Waals surface area contributed by atoms with Gasteiger partial charge in [0.25, 0.3) is 0 Å². The van der Waals surface area contributed by atoms with Gasteiger partial charge in [0.05, 0.1) is 6.61 Å². The summed E-state index contributed by atoms with van der Waals surface area (Å²) in [4.78, 5) is 0. The van der Waals surface area contributed by atoms with Crippen molar-refractivity contribution in [1.29, 1.82) is 0 Å². The minimum Gasteiger partial charge on any atom is -0.461 e. The minimum atomic E-state index is -1.93. The first-order valence-electron chi connectivity index (χ1n) is 8.72. The van der Waals surface area contributed by atoms with Crippen LogP contribution in [0.15, 0.2) is 36.4 Å². The molecule has 0 unspecified atom stereocenters. The van der Waals surface area contributed by atoms with Gasteiger partial charge in [-0.2, -0.15) is 0 Å². The number of rotatable bonds is 4. The van der Waals surface area contributed by atoms with Crippen LogP contribution < -0.4 is 4.74 Å². The Hall–Kier alpha value is -2.10. The Morgan fingerprint density at radius 2 is 1.71 bits per heavy atom. The highest BCUT2D eigenvalue weighted by atomic mass is 19.2. The lowest BCUT2D eigenvalue weighted by Crippen LogP contribution is -2.66. The third kappa shape index (κ3) is 3.74. The molecule has 1 saturated heterocycles. The van der Waals surface area contributed by atoms with Crippen LogP contribution in [0.5, 0.6) is 5.75 Å². The van der Waals surface area contributed by atoms with E-state index in [0.717, 1.165) is 12.1 Å². The standard InChI is InChI=1S/C20H22F2O6/c1-10-7-11(12-3-5-13(21)14(22)8-12)4-6-15(10)27-19-20(2,26)18(25)17(24)16(9-23)28-19/h3-8,16-19,23-26H,9H2,1-2H3/t16-,17-,18+,19+,20+/m1/s1. The second-order valence-electron chi connectivity index (χ2n) is 7.08. The molecule has 0 saturated carbocycles. The summed E-state index contributed by atoms with van der Waals surface area (Å²) >= 11 is 0. The topological polar surface area (TPSA) is 99.4 Å². The molecule has 152 valence electrons. The summed E-state index contributed by atoms with van der Waals surface area (Å²) in [7, 11) is 0. The second kappa shape index (κ2) is 7.73. The average Bonchev–Trinajstić information content (AvgIpc) is 2.66. The molecular weight excluding hydrogens is 374 g/mol. The van der Waals surface area contributed by atoms with Gasteiger partial charge in [0, 0.05) is 0 Å². The molecule has 0 amide bonds. The zero-order chi connectivity index (χ0) is 20.6. The van der Waals surface area contributed by atoms with Crippen molar-refractivity contribution in [2.24, 2.45) is 0 Å². The lowest BCUT2D eigenvalue weighted by Gasteiger charge is -2.45. The van der Waals surface area contributed by atoms with Crippen LogP contribution in [0.1, 0.15) is 12.5 Å². The summed E-state index contributed by atoms with van der Waals surface area (Å²) in [5, 5.41) is 39.8. The molecule has 0 spiro atoms. The SMILES string of the molecule is Cc1cc(-c2ccc(F)c(F)c2)ccc1O[C@H]1O[C@H](CO)[C@@H](O)[C@H](O)[C@]1(C)O. The average molecular weight is 396 g/mol. The Morgan fingerprint density at radius 3 is 2.32 bits per heavy atom. The number of hydrogen-bond acceptors (Lipinski definition) is 6. The highest BCUT2D eigenvalue weighted by Crippen LogP contribution is 2.34. The summed E-state index contributed by atoms with van der Waals surface area (Å²) in [5.74, 6) is -1.57. The maximum Gasteiger partial charge on any atom is 0.231 e. The monoisotopic (exact) mass is 396 g/mol. The molecule has 28 heavy (non-hydrogen) atoms. The van der Waals surface area contributed by atoms with Crippen LogP contribution in [0.25, 0.3) is 11.1 Å². The molecule has 6 nitrogen and oxygen atoms in total. The van der Waals surface area contributed by atoms with Crippen LogP contribution in [0.4, 0.5) is 8.78 Å². The predicted molar refractivity (Wildman–Crippen MR) is 95.5 cm³/mol. The Bertz CT molecular complexity index is 857. The fourth-order valence-corrected chi connectivity index (χ4v) is 3.12. The van der Waals surface area contributed by atoms with Crippen molar-refractivity contribution in [1.82, 2.24) is 0 Å². The number of benzene rings is 2. The van der Waals surface area contributed by atoms with Crippen molar-refractivity contribution in [3.05, 3.63) is 53.6 Å². The smallest absolute Gasteiger partial charge is 0.231 e. The van der Waals surface area contributed by atoms with Gasteiger partial charge in [-0.05, 0) is 54.8 Å². The summed E-state index contributed by atoms with van der Waals surface area (Å²) in [6.45, 7) is 2.40. The lowest BCUT2D eigenvalue weighted by molar-refractivity contribution is -0.314. The third-order valence-corrected chi connectivity index (χ3v) is 4.92. The van der Waals surface area contributed by atoms with E-state index in [1.165, 1.54) is 13.0 Å². The van der Waals surface area contributed by atoms with E-state index < -0.39 is 48.4 Å². The van der Waals surface area contributed by atoms with E-state index in [0.29, 0.717) is 22.4 Å². The highest BCUT2D eigenvalue weighted by Gasteiger charge is 2.53. The Morgan fingerprint density at radius 1 is 1.07 bits per heavy atom. The van der Waals surface area contributed by atoms with Gasteiger partial charge in [-0.25, -0.2) is 8.78 Å². The van der Waals surface area contributed by atoms with Gasteiger partial charge in [-0.1, -0.05) is 12.1 Å². The molecule has 4 N–H and O–H groups in total. The largest absolute Gasteiger partial charge is 0.461 e. The van der Waals surface area contributed by atoms with Gasteiger partial charge in [-0.15, -0.1) is 0 Å². The van der Waals surface area contributed by atoms with Crippen molar-refractivity contribution in [3.63, 3.8) is 0 Å². The maximum absolute atomic E-state index is 13.5. The second-order valence-corrected chi connectivity index (χ2v) is 7.08. The zero-order valence-electron chi connectivity index (χ0n) is 15.3. The molecule has 1 heterocycles. The van der Waals surface area contributed by atoms with E-state index in [1.807, 2.05) is 0 Å². The molecule has 1 aliphatic rings. The van der Waals surface area contributed by atoms with E-state index in [-0.39, 0.29) is 0 Å². The maximum atomic E-state index is 13.5. The third-order valence-electron chi connectivity index (χ3n) is 4.92. The minimum absolute atomic E-state index is 0.317. The van der Waals surface area contributed by atoms with E-state index in [9.17, 15) is 29.2 Å². The van der Waals surface area contributed by atoms with Crippen molar-refractivity contribution >= 4 is 0 Å². The number of hydrogen-bond donors (Lipinski definition) is 4. The highest BCUT2D eigenvalue weighted by molar-refractivity contribution is 5.65. The van der Waals surface area contributed by atoms with Crippen molar-refractivity contribution in [2.75, 3.05) is 6.61 Å². The summed E-state index contributed by atoms with van der Waals surface area (Å²) < 4.78 is 37.7. The summed E-state index contributed by atoms with van der Waals surface area (Å²) in [5.41, 5.74) is -0.212. The molecule has 0 aromatic heterocycles. The first kappa shape index (κ1) is 20.6. The lowest BCUT2D eigenvalue weighted by atomic mass is 9.88. The molecule has 2 aromatic carbocycles. The van der Waals surface area contributed by atoms with E-state index in [4.69, 9.17) is 9.47 Å². The summed E-state index contributed by atoms with van der Waals surface area (Å²) in [6.07, 6.45) is -5.54. The quantitative estimate of drug-likeness (QED) is 0.625. The fraction of sp³-hybridized carbons (Fsp3) is 0.400. The first-order chi connectivity index (χ1) is 13.1. The van der Waals surface area contributed by atoms with Crippen LogP contribution in [0.3, 0.4) is 0 Å². The van der Waals surface area contributed by atoms with Crippen LogP contribution in [-0.2, 0) is 4.74 Å².